The van der Waals surface area contributed by atoms with Crippen LogP contribution in [0.1, 0.15) is 20.3 Å². The van der Waals surface area contributed by atoms with Gasteiger partial charge in [0, 0.05) is 13.1 Å². The zero-order chi connectivity index (χ0) is 9.71. The number of allylic oxidation sites excluding steroid dienone is 2. The molecular weight excluding hydrogens is 170 g/mol. The van der Waals surface area contributed by atoms with Gasteiger partial charge in [0.25, 0.3) is 0 Å². The van der Waals surface area contributed by atoms with Gasteiger partial charge >= 0.3 is 0 Å². The molecule has 3 unspecified atom stereocenters. The molecule has 1 saturated carbocycles. The first-order valence-corrected chi connectivity index (χ1v) is 5.93. The first kappa shape index (κ1) is 8.72. The monoisotopic (exact) mass is 189 g/mol. The van der Waals surface area contributed by atoms with Crippen molar-refractivity contribution in [1.29, 1.82) is 0 Å². The minimum atomic E-state index is 0.894. The maximum absolute atomic E-state index is 2.58. The van der Waals surface area contributed by atoms with Crippen LogP contribution in [0.25, 0.3) is 0 Å². The van der Waals surface area contributed by atoms with Crippen LogP contribution in [0.4, 0.5) is 0 Å². The summed E-state index contributed by atoms with van der Waals surface area (Å²) in [7, 11) is 0. The molecule has 1 aliphatic heterocycles. The summed E-state index contributed by atoms with van der Waals surface area (Å²) in [6.07, 6.45) is 6.15. The van der Waals surface area contributed by atoms with Gasteiger partial charge in [0.15, 0.2) is 0 Å². The van der Waals surface area contributed by atoms with Crippen molar-refractivity contribution < 1.29 is 0 Å². The molecule has 0 amide bonds. The van der Waals surface area contributed by atoms with Gasteiger partial charge in [-0.2, -0.15) is 0 Å². The van der Waals surface area contributed by atoms with Gasteiger partial charge in [-0.05, 0) is 41.9 Å². The molecule has 0 bridgehead atoms. The summed E-state index contributed by atoms with van der Waals surface area (Å²) in [6.45, 7) is 8.41. The van der Waals surface area contributed by atoms with E-state index in [9.17, 15) is 0 Å². The van der Waals surface area contributed by atoms with Gasteiger partial charge in [-0.1, -0.05) is 26.0 Å². The van der Waals surface area contributed by atoms with E-state index < -0.39 is 0 Å². The highest BCUT2D eigenvalue weighted by Crippen LogP contribution is 2.55. The van der Waals surface area contributed by atoms with E-state index >= 15 is 0 Å². The third kappa shape index (κ3) is 1.12. The van der Waals surface area contributed by atoms with E-state index in [-0.39, 0.29) is 0 Å². The van der Waals surface area contributed by atoms with Gasteiger partial charge < -0.3 is 0 Å². The lowest BCUT2D eigenvalue weighted by atomic mass is 9.91. The fourth-order valence-corrected chi connectivity index (χ4v) is 3.21. The molecule has 3 atom stereocenters. The van der Waals surface area contributed by atoms with E-state index in [1.54, 1.807) is 11.1 Å². The largest absolute Gasteiger partial charge is 0.299 e. The van der Waals surface area contributed by atoms with Crippen LogP contribution in [-0.4, -0.2) is 24.5 Å². The molecule has 3 rings (SSSR count). The summed E-state index contributed by atoms with van der Waals surface area (Å²) >= 11 is 0. The first-order valence-electron chi connectivity index (χ1n) is 5.93. The van der Waals surface area contributed by atoms with Gasteiger partial charge in [0.05, 0.1) is 0 Å². The molecule has 0 spiro atoms. The van der Waals surface area contributed by atoms with Crippen LogP contribution in [0.15, 0.2) is 23.3 Å². The van der Waals surface area contributed by atoms with E-state index in [0.717, 1.165) is 17.8 Å². The van der Waals surface area contributed by atoms with E-state index in [4.69, 9.17) is 0 Å². The molecule has 2 aliphatic carbocycles. The Morgan fingerprint density at radius 1 is 1.50 bits per heavy atom. The fourth-order valence-electron chi connectivity index (χ4n) is 3.21. The van der Waals surface area contributed by atoms with Crippen LogP contribution < -0.4 is 0 Å². The lowest BCUT2D eigenvalue weighted by Gasteiger charge is -2.30. The second kappa shape index (κ2) is 2.96. The standard InChI is InChI=1S/C13H19N/c1-3-14-7-6-10-4-5-11-9(2)13(11)12(10)8-14/h4-5,9,11,13H,3,6-8H2,1-2H3. The minimum absolute atomic E-state index is 0.894. The molecule has 0 aromatic rings. The molecule has 0 saturated heterocycles. The third-order valence-electron chi connectivity index (χ3n) is 4.32. The van der Waals surface area contributed by atoms with Crippen molar-refractivity contribution >= 4 is 0 Å². The fraction of sp³-hybridized carbons (Fsp3) is 0.692. The molecule has 0 N–H and O–H groups in total. The molecule has 76 valence electrons. The van der Waals surface area contributed by atoms with E-state index in [1.165, 1.54) is 26.1 Å². The van der Waals surface area contributed by atoms with Gasteiger partial charge in [-0.25, -0.2) is 0 Å². The van der Waals surface area contributed by atoms with E-state index in [1.807, 2.05) is 0 Å². The molecule has 1 fully saturated rings. The Morgan fingerprint density at radius 3 is 3.14 bits per heavy atom. The lowest BCUT2D eigenvalue weighted by Crippen LogP contribution is -2.32. The number of rotatable bonds is 1. The van der Waals surface area contributed by atoms with Crippen molar-refractivity contribution in [3.8, 4) is 0 Å². The van der Waals surface area contributed by atoms with Crippen molar-refractivity contribution in [1.82, 2.24) is 4.90 Å². The molecular formula is C13H19N. The van der Waals surface area contributed by atoms with Crippen molar-refractivity contribution in [2.24, 2.45) is 17.8 Å². The van der Waals surface area contributed by atoms with Gasteiger partial charge in [-0.15, -0.1) is 0 Å². The van der Waals surface area contributed by atoms with E-state index in [0.29, 0.717) is 0 Å². The summed E-state index contributed by atoms with van der Waals surface area (Å²) in [5.41, 5.74) is 3.44. The van der Waals surface area contributed by atoms with Crippen molar-refractivity contribution in [2.45, 2.75) is 20.3 Å². The third-order valence-corrected chi connectivity index (χ3v) is 4.32. The second-order valence-corrected chi connectivity index (χ2v) is 4.99. The maximum atomic E-state index is 2.58. The van der Waals surface area contributed by atoms with Crippen LogP contribution >= 0.6 is 0 Å². The Labute approximate surface area is 86.5 Å². The zero-order valence-electron chi connectivity index (χ0n) is 9.16. The average Bonchev–Trinajstić information content (AvgIpc) is 2.90. The SMILES string of the molecule is CCN1CCC2=C(C1)C1C(C)C1C=C2. The molecule has 0 aromatic carbocycles. The molecule has 14 heavy (non-hydrogen) atoms. The summed E-state index contributed by atoms with van der Waals surface area (Å²) in [5, 5.41) is 0. The van der Waals surface area contributed by atoms with Crippen LogP contribution in [0.3, 0.4) is 0 Å². The molecule has 0 aromatic heterocycles. The lowest BCUT2D eigenvalue weighted by molar-refractivity contribution is 0.294. The highest BCUT2D eigenvalue weighted by atomic mass is 15.1. The van der Waals surface area contributed by atoms with Crippen LogP contribution in [0.5, 0.6) is 0 Å². The Balaban J connectivity index is 1.87. The van der Waals surface area contributed by atoms with Gasteiger partial charge in [-0.3, -0.25) is 4.90 Å². The topological polar surface area (TPSA) is 3.24 Å². The highest BCUT2D eigenvalue weighted by molar-refractivity contribution is 5.41. The summed E-state index contributed by atoms with van der Waals surface area (Å²) in [4.78, 5) is 2.58. The Morgan fingerprint density at radius 2 is 2.36 bits per heavy atom. The average molecular weight is 189 g/mol. The van der Waals surface area contributed by atoms with Gasteiger partial charge in [0.1, 0.15) is 0 Å². The van der Waals surface area contributed by atoms with Crippen LogP contribution in [0.2, 0.25) is 0 Å². The number of hydrogen-bond acceptors (Lipinski definition) is 1. The number of fused-ring (bicyclic) bond motifs is 2. The second-order valence-electron chi connectivity index (χ2n) is 4.99. The Kier molecular flexibility index (Phi) is 1.85. The number of nitrogens with zero attached hydrogens (tertiary/aromatic N) is 1. The molecule has 1 heterocycles. The Bertz CT molecular complexity index is 313. The first-order chi connectivity index (χ1) is 6.81. The number of likely N-dealkylation sites (N-methyl/N-ethyl adjacent to an activating group) is 1. The van der Waals surface area contributed by atoms with E-state index in [2.05, 4.69) is 30.9 Å². The summed E-state index contributed by atoms with van der Waals surface area (Å²) in [5.74, 6) is 2.74. The number of hydrogen-bond donors (Lipinski definition) is 0. The van der Waals surface area contributed by atoms with Crippen molar-refractivity contribution in [3.63, 3.8) is 0 Å². The predicted octanol–water partition coefficient (Wildman–Crippen LogP) is 2.46. The summed E-state index contributed by atoms with van der Waals surface area (Å²) in [6, 6.07) is 0. The molecule has 1 heteroatoms. The quantitative estimate of drug-likeness (QED) is 0.612. The van der Waals surface area contributed by atoms with Crippen molar-refractivity contribution in [2.75, 3.05) is 19.6 Å². The molecule has 0 radical (unpaired) electrons. The smallest absolute Gasteiger partial charge is 0.0201 e. The Hall–Kier alpha value is -0.560. The highest BCUT2D eigenvalue weighted by Gasteiger charge is 2.49. The zero-order valence-corrected chi connectivity index (χ0v) is 9.16. The minimum Gasteiger partial charge on any atom is -0.299 e. The van der Waals surface area contributed by atoms with Crippen LogP contribution in [-0.2, 0) is 0 Å². The maximum Gasteiger partial charge on any atom is 0.0201 e. The predicted molar refractivity (Wildman–Crippen MR) is 59.0 cm³/mol. The van der Waals surface area contributed by atoms with Crippen molar-refractivity contribution in [3.05, 3.63) is 23.3 Å². The summed E-state index contributed by atoms with van der Waals surface area (Å²) < 4.78 is 0. The van der Waals surface area contributed by atoms with Crippen LogP contribution in [0, 0.1) is 17.8 Å². The van der Waals surface area contributed by atoms with Gasteiger partial charge in [0.2, 0.25) is 0 Å². The normalized spacial score (nSPS) is 40.9. The molecule has 1 nitrogen and oxygen atoms in total. The molecule has 3 aliphatic rings.